The Morgan fingerprint density at radius 2 is 2.00 bits per heavy atom. The van der Waals surface area contributed by atoms with Crippen molar-refractivity contribution in [3.05, 3.63) is 53.2 Å². The van der Waals surface area contributed by atoms with E-state index in [4.69, 9.17) is 9.15 Å². The Hall–Kier alpha value is -2.56. The summed E-state index contributed by atoms with van der Waals surface area (Å²) in [4.78, 5) is 12.8. The van der Waals surface area contributed by atoms with Gasteiger partial charge in [0.2, 0.25) is 10.0 Å². The molecule has 2 aromatic heterocycles. The molecule has 0 amide bonds. The molecule has 1 unspecified atom stereocenters. The molecule has 0 saturated carbocycles. The van der Waals surface area contributed by atoms with E-state index in [2.05, 4.69) is 14.9 Å². The molecule has 0 spiro atoms. The molecule has 3 aromatic rings. The number of aryl methyl sites for hydroxylation is 1. The van der Waals surface area contributed by atoms with Gasteiger partial charge in [-0.15, -0.1) is 21.5 Å². The minimum atomic E-state index is -3.80. The maximum Gasteiger partial charge on any atom is 0.321 e. The van der Waals surface area contributed by atoms with Crippen LogP contribution in [0.3, 0.4) is 0 Å². The fourth-order valence-electron chi connectivity index (χ4n) is 2.14. The maximum atomic E-state index is 12.2. The Bertz CT molecular complexity index is 1010. The molecule has 0 fully saturated rings. The Morgan fingerprint density at radius 3 is 2.67 bits per heavy atom. The summed E-state index contributed by atoms with van der Waals surface area (Å²) >= 11 is 1.44. The number of rotatable bonds is 7. The van der Waals surface area contributed by atoms with Crippen molar-refractivity contribution in [2.75, 3.05) is 6.54 Å². The van der Waals surface area contributed by atoms with Crippen LogP contribution in [0.15, 0.2) is 51.1 Å². The quantitative estimate of drug-likeness (QED) is 0.599. The summed E-state index contributed by atoms with van der Waals surface area (Å²) in [5.41, 5.74) is 0.934. The number of carbonyl (C=O) groups excluding carboxylic acids is 1. The van der Waals surface area contributed by atoms with Crippen molar-refractivity contribution < 1.29 is 22.4 Å². The Labute approximate surface area is 160 Å². The van der Waals surface area contributed by atoms with Gasteiger partial charge in [-0.3, -0.25) is 4.79 Å². The lowest BCUT2D eigenvalue weighted by atomic mass is 10.2. The first-order chi connectivity index (χ1) is 12.8. The summed E-state index contributed by atoms with van der Waals surface area (Å²) < 4.78 is 37.2. The van der Waals surface area contributed by atoms with E-state index in [9.17, 15) is 13.2 Å². The number of nitrogens with zero attached hydrogens (tertiary/aromatic N) is 2. The lowest BCUT2D eigenvalue weighted by molar-refractivity contribution is -0.148. The molecule has 27 heavy (non-hydrogen) atoms. The van der Waals surface area contributed by atoms with Crippen molar-refractivity contribution in [3.8, 4) is 10.8 Å². The maximum absolute atomic E-state index is 12.2. The Morgan fingerprint density at radius 1 is 1.26 bits per heavy atom. The van der Waals surface area contributed by atoms with Gasteiger partial charge in [0.25, 0.3) is 11.8 Å². The topological polar surface area (TPSA) is 111 Å². The second kappa shape index (κ2) is 7.99. The van der Waals surface area contributed by atoms with Gasteiger partial charge in [0.05, 0.1) is 9.77 Å². The summed E-state index contributed by atoms with van der Waals surface area (Å²) in [5.74, 6) is -0.287. The van der Waals surface area contributed by atoms with Gasteiger partial charge in [0.15, 0.2) is 6.10 Å². The molecule has 0 aliphatic carbocycles. The Kier molecular flexibility index (Phi) is 5.68. The highest BCUT2D eigenvalue weighted by atomic mass is 32.2. The minimum Gasteiger partial charge on any atom is -0.452 e. The number of nitrogens with one attached hydrogen (secondary N) is 1. The minimum absolute atomic E-state index is 0.0754. The van der Waals surface area contributed by atoms with Gasteiger partial charge in [-0.05, 0) is 37.4 Å². The summed E-state index contributed by atoms with van der Waals surface area (Å²) in [6.07, 6.45) is -0.803. The molecule has 1 atom stereocenters. The summed E-state index contributed by atoms with van der Waals surface area (Å²) in [5, 5.41) is 9.65. The van der Waals surface area contributed by atoms with Crippen LogP contribution in [0.2, 0.25) is 0 Å². The Balaban J connectivity index is 1.56. The second-order valence-corrected chi connectivity index (χ2v) is 8.41. The summed E-state index contributed by atoms with van der Waals surface area (Å²) in [6.45, 7) is 2.91. The SMILES string of the molecule is Cc1ccc(S(=O)(=O)NCC(=O)OC(C)c2nnc(-c3cccs3)o2)cc1. The number of benzene rings is 1. The van der Waals surface area contributed by atoms with Crippen molar-refractivity contribution in [2.45, 2.75) is 24.8 Å². The number of esters is 1. The molecular weight excluding hydrogens is 390 g/mol. The van der Waals surface area contributed by atoms with Crippen molar-refractivity contribution in [1.82, 2.24) is 14.9 Å². The lowest BCUT2D eigenvalue weighted by Gasteiger charge is -2.10. The molecule has 0 radical (unpaired) electrons. The number of hydrogen-bond acceptors (Lipinski definition) is 8. The molecular formula is C17H17N3O5S2. The van der Waals surface area contributed by atoms with Gasteiger partial charge in [-0.1, -0.05) is 23.8 Å². The van der Waals surface area contributed by atoms with Gasteiger partial charge in [0, 0.05) is 0 Å². The standard InChI is InChI=1S/C17H17N3O5S2/c1-11-5-7-13(8-6-11)27(22,23)18-10-15(21)24-12(2)16-19-20-17(25-16)14-4-3-9-26-14/h3-9,12,18H,10H2,1-2H3. The van der Waals surface area contributed by atoms with E-state index < -0.39 is 28.6 Å². The molecule has 142 valence electrons. The predicted molar refractivity (Wildman–Crippen MR) is 98.5 cm³/mol. The van der Waals surface area contributed by atoms with Crippen LogP contribution in [0.1, 0.15) is 24.5 Å². The first-order valence-electron chi connectivity index (χ1n) is 7.98. The van der Waals surface area contributed by atoms with E-state index in [0.717, 1.165) is 10.4 Å². The number of thiophene rings is 1. The molecule has 0 saturated heterocycles. The van der Waals surface area contributed by atoms with E-state index in [1.807, 2.05) is 24.4 Å². The number of hydrogen-bond donors (Lipinski definition) is 1. The number of ether oxygens (including phenoxy) is 1. The number of aromatic nitrogens is 2. The van der Waals surface area contributed by atoms with Crippen LogP contribution >= 0.6 is 11.3 Å². The third-order valence-electron chi connectivity index (χ3n) is 3.57. The lowest BCUT2D eigenvalue weighted by Crippen LogP contribution is -2.31. The van der Waals surface area contributed by atoms with Gasteiger partial charge < -0.3 is 9.15 Å². The van der Waals surface area contributed by atoms with Crippen molar-refractivity contribution in [3.63, 3.8) is 0 Å². The summed E-state index contributed by atoms with van der Waals surface area (Å²) in [6, 6.07) is 9.98. The monoisotopic (exact) mass is 407 g/mol. The molecule has 1 aromatic carbocycles. The van der Waals surface area contributed by atoms with Gasteiger partial charge in [-0.25, -0.2) is 8.42 Å². The third kappa shape index (κ3) is 4.79. The van der Waals surface area contributed by atoms with Crippen LogP contribution in [0.4, 0.5) is 0 Å². The highest BCUT2D eigenvalue weighted by Crippen LogP contribution is 2.25. The van der Waals surface area contributed by atoms with E-state index >= 15 is 0 Å². The van der Waals surface area contributed by atoms with E-state index in [-0.39, 0.29) is 10.8 Å². The highest BCUT2D eigenvalue weighted by molar-refractivity contribution is 7.89. The second-order valence-electron chi connectivity index (χ2n) is 5.69. The number of sulfonamides is 1. The first-order valence-corrected chi connectivity index (χ1v) is 10.3. The van der Waals surface area contributed by atoms with Gasteiger partial charge >= 0.3 is 5.97 Å². The van der Waals surface area contributed by atoms with Crippen LogP contribution in [0, 0.1) is 6.92 Å². The van der Waals surface area contributed by atoms with Crippen LogP contribution in [0.25, 0.3) is 10.8 Å². The summed E-state index contributed by atoms with van der Waals surface area (Å²) in [7, 11) is -3.80. The fourth-order valence-corrected chi connectivity index (χ4v) is 3.76. The van der Waals surface area contributed by atoms with Crippen LogP contribution in [0.5, 0.6) is 0 Å². The molecule has 0 bridgehead atoms. The fraction of sp³-hybridized carbons (Fsp3) is 0.235. The highest BCUT2D eigenvalue weighted by Gasteiger charge is 2.21. The predicted octanol–water partition coefficient (Wildman–Crippen LogP) is 2.69. The first kappa shape index (κ1) is 19.2. The zero-order valence-corrected chi connectivity index (χ0v) is 16.2. The normalized spacial score (nSPS) is 12.7. The van der Waals surface area contributed by atoms with Crippen molar-refractivity contribution in [1.29, 1.82) is 0 Å². The molecule has 2 heterocycles. The molecule has 10 heteroatoms. The zero-order chi connectivity index (χ0) is 19.4. The van der Waals surface area contributed by atoms with Crippen molar-refractivity contribution >= 4 is 27.3 Å². The van der Waals surface area contributed by atoms with Gasteiger partial charge in [0.1, 0.15) is 6.54 Å². The largest absolute Gasteiger partial charge is 0.452 e. The molecule has 8 nitrogen and oxygen atoms in total. The van der Waals surface area contributed by atoms with Crippen LogP contribution < -0.4 is 4.72 Å². The van der Waals surface area contributed by atoms with Crippen LogP contribution in [-0.4, -0.2) is 31.1 Å². The average Bonchev–Trinajstić information content (AvgIpc) is 3.31. The molecule has 1 N–H and O–H groups in total. The smallest absolute Gasteiger partial charge is 0.321 e. The zero-order valence-electron chi connectivity index (χ0n) is 14.6. The van der Waals surface area contributed by atoms with E-state index in [0.29, 0.717) is 5.89 Å². The van der Waals surface area contributed by atoms with E-state index in [1.54, 1.807) is 19.1 Å². The van der Waals surface area contributed by atoms with Gasteiger partial charge in [-0.2, -0.15) is 4.72 Å². The van der Waals surface area contributed by atoms with Crippen molar-refractivity contribution in [2.24, 2.45) is 0 Å². The average molecular weight is 407 g/mol. The third-order valence-corrected chi connectivity index (χ3v) is 5.84. The molecule has 0 aliphatic heterocycles. The number of carbonyl (C=O) groups is 1. The van der Waals surface area contributed by atoms with E-state index in [1.165, 1.54) is 23.5 Å². The molecule has 0 aliphatic rings. The van der Waals surface area contributed by atoms with Crippen LogP contribution in [-0.2, 0) is 19.6 Å². The molecule has 3 rings (SSSR count).